The van der Waals surface area contributed by atoms with Crippen molar-refractivity contribution < 1.29 is 27.0 Å². The number of aromatic nitrogens is 3. The molecule has 2 aromatic carbocycles. The molecule has 9 nitrogen and oxygen atoms in total. The molecule has 0 saturated heterocycles. The lowest BCUT2D eigenvalue weighted by Crippen LogP contribution is -2.29. The predicted octanol–water partition coefficient (Wildman–Crippen LogP) is 6.38. The number of nitrogens with zero attached hydrogens (tertiary/aromatic N) is 3. The summed E-state index contributed by atoms with van der Waals surface area (Å²) < 4.78 is 54.1. The van der Waals surface area contributed by atoms with Gasteiger partial charge < -0.3 is 19.5 Å². The van der Waals surface area contributed by atoms with Crippen LogP contribution >= 0.6 is 11.6 Å². The molecule has 5 rings (SSSR count). The van der Waals surface area contributed by atoms with E-state index in [9.17, 15) is 12.8 Å². The Labute approximate surface area is 255 Å². The first-order valence-electron chi connectivity index (χ1n) is 13.6. The molecular formula is C31H30ClFN4O5S. The maximum atomic E-state index is 13.5. The van der Waals surface area contributed by atoms with E-state index in [1.807, 2.05) is 32.1 Å². The van der Waals surface area contributed by atoms with E-state index in [1.165, 1.54) is 18.5 Å². The third-order valence-electron chi connectivity index (χ3n) is 7.06. The molecule has 12 heteroatoms. The highest BCUT2D eigenvalue weighted by atomic mass is 35.5. The smallest absolute Gasteiger partial charge is 0.215 e. The monoisotopic (exact) mass is 624 g/mol. The minimum absolute atomic E-state index is 0.0293. The first-order valence-corrected chi connectivity index (χ1v) is 15.1. The average Bonchev–Trinajstić information content (AvgIpc) is 3.46. The van der Waals surface area contributed by atoms with Gasteiger partial charge in [-0.15, -0.1) is 0 Å². The molecular weight excluding hydrogens is 595 g/mol. The third kappa shape index (κ3) is 7.30. The van der Waals surface area contributed by atoms with Crippen LogP contribution in [0.15, 0.2) is 73.4 Å². The Bertz CT molecular complexity index is 1780. The van der Waals surface area contributed by atoms with Gasteiger partial charge in [0, 0.05) is 23.9 Å². The molecule has 2 aromatic heterocycles. The van der Waals surface area contributed by atoms with Crippen LogP contribution in [0.1, 0.15) is 37.9 Å². The zero-order chi connectivity index (χ0) is 30.4. The number of anilines is 2. The van der Waals surface area contributed by atoms with E-state index in [1.54, 1.807) is 36.7 Å². The van der Waals surface area contributed by atoms with Gasteiger partial charge in [0.2, 0.25) is 10.3 Å². The first kappa shape index (κ1) is 30.4. The zero-order valence-electron chi connectivity index (χ0n) is 23.6. The van der Waals surface area contributed by atoms with Crippen LogP contribution < -0.4 is 10.1 Å². The SMILES string of the molecule is CC(C)C(COCCC1(c2cc3c(Nc4ccc(OCc5cccc(F)c5)c(Cl)c4)ncnc3cn2)CC=CO1)=S(=O)=O. The van der Waals surface area contributed by atoms with Gasteiger partial charge in [-0.2, -0.15) is 8.42 Å². The molecule has 0 bridgehead atoms. The summed E-state index contributed by atoms with van der Waals surface area (Å²) in [4.78, 5) is 13.8. The van der Waals surface area contributed by atoms with Gasteiger partial charge in [-0.1, -0.05) is 37.6 Å². The lowest BCUT2D eigenvalue weighted by Gasteiger charge is -2.28. The third-order valence-corrected chi connectivity index (χ3v) is 8.37. The minimum Gasteiger partial charge on any atom is -0.488 e. The number of halogens is 2. The van der Waals surface area contributed by atoms with Crippen LogP contribution in [-0.4, -0.2) is 41.4 Å². The van der Waals surface area contributed by atoms with Gasteiger partial charge in [-0.3, -0.25) is 4.98 Å². The number of ether oxygens (including phenoxy) is 3. The van der Waals surface area contributed by atoms with Crippen molar-refractivity contribution in [1.82, 2.24) is 15.0 Å². The number of nitrogens with one attached hydrogen (secondary N) is 1. The van der Waals surface area contributed by atoms with Gasteiger partial charge in [0.15, 0.2) is 5.60 Å². The topological polar surface area (TPSA) is 113 Å². The van der Waals surface area contributed by atoms with Crippen molar-refractivity contribution in [3.8, 4) is 5.75 Å². The average molecular weight is 625 g/mol. The molecule has 1 aliphatic rings. The maximum Gasteiger partial charge on any atom is 0.215 e. The van der Waals surface area contributed by atoms with Crippen LogP contribution in [-0.2, 0) is 32.0 Å². The summed E-state index contributed by atoms with van der Waals surface area (Å²) in [6.45, 7) is 4.12. The van der Waals surface area contributed by atoms with E-state index in [2.05, 4.69) is 20.3 Å². The molecule has 0 radical (unpaired) electrons. The maximum absolute atomic E-state index is 13.5. The van der Waals surface area contributed by atoms with E-state index in [0.717, 1.165) is 5.39 Å². The van der Waals surface area contributed by atoms with Gasteiger partial charge in [-0.05, 0) is 54.0 Å². The molecule has 1 aliphatic heterocycles. The van der Waals surface area contributed by atoms with Crippen LogP contribution in [0.4, 0.5) is 15.9 Å². The van der Waals surface area contributed by atoms with E-state index < -0.39 is 15.9 Å². The number of fused-ring (bicyclic) bond motifs is 1. The molecule has 0 fully saturated rings. The molecule has 0 spiro atoms. The highest BCUT2D eigenvalue weighted by molar-refractivity contribution is 7.73. The Kier molecular flexibility index (Phi) is 9.54. The van der Waals surface area contributed by atoms with Crippen LogP contribution in [0, 0.1) is 11.7 Å². The number of rotatable bonds is 12. The highest BCUT2D eigenvalue weighted by Gasteiger charge is 2.37. The lowest BCUT2D eigenvalue weighted by atomic mass is 9.91. The second kappa shape index (κ2) is 13.5. The summed E-state index contributed by atoms with van der Waals surface area (Å²) in [6, 6.07) is 13.4. The Balaban J connectivity index is 1.32. The molecule has 0 saturated carbocycles. The Morgan fingerprint density at radius 3 is 2.74 bits per heavy atom. The van der Waals surface area contributed by atoms with E-state index >= 15 is 0 Å². The normalized spacial score (nSPS) is 15.9. The molecule has 4 aromatic rings. The highest BCUT2D eigenvalue weighted by Crippen LogP contribution is 2.39. The summed E-state index contributed by atoms with van der Waals surface area (Å²) in [5, 5.41) is 4.41. The Morgan fingerprint density at radius 1 is 1.16 bits per heavy atom. The van der Waals surface area contributed by atoms with Gasteiger partial charge in [0.05, 0.1) is 46.8 Å². The standard InChI is InChI=1S/C31H30ClFN4O5S/c1-20(2)28(43(38)39)18-40-12-10-31(9-4-11-42-31)29-15-24-26(16-34-29)35-19-36-30(24)37-23-7-8-27(25(32)14-23)41-17-21-5-3-6-22(33)13-21/h3-8,11,13-16,19-20H,9-10,12,17-18H2,1-2H3,(H,35,36,37). The summed E-state index contributed by atoms with van der Waals surface area (Å²) in [5.74, 6) is 0.545. The zero-order valence-corrected chi connectivity index (χ0v) is 25.2. The number of pyridine rings is 1. The largest absolute Gasteiger partial charge is 0.488 e. The molecule has 0 amide bonds. The molecule has 1 atom stereocenters. The number of hydrogen-bond donors (Lipinski definition) is 1. The second-order valence-corrected chi connectivity index (χ2v) is 11.7. The van der Waals surface area contributed by atoms with Crippen molar-refractivity contribution in [1.29, 1.82) is 0 Å². The van der Waals surface area contributed by atoms with E-state index in [0.29, 0.717) is 56.8 Å². The van der Waals surface area contributed by atoms with E-state index in [4.69, 9.17) is 25.8 Å². The molecule has 224 valence electrons. The van der Waals surface area contributed by atoms with Crippen LogP contribution in [0.2, 0.25) is 5.02 Å². The fourth-order valence-corrected chi connectivity index (χ4v) is 5.46. The first-order chi connectivity index (χ1) is 20.7. The van der Waals surface area contributed by atoms with Crippen LogP contribution in [0.5, 0.6) is 5.75 Å². The molecule has 1 N–H and O–H groups in total. The van der Waals surface area contributed by atoms with Crippen molar-refractivity contribution in [2.75, 3.05) is 18.5 Å². The summed E-state index contributed by atoms with van der Waals surface area (Å²) >= 11 is 6.50. The van der Waals surface area contributed by atoms with Gasteiger partial charge in [0.25, 0.3) is 0 Å². The number of hydrogen-bond acceptors (Lipinski definition) is 9. The minimum atomic E-state index is -2.30. The Hall–Kier alpha value is -4.06. The summed E-state index contributed by atoms with van der Waals surface area (Å²) in [5.41, 5.74) is 1.90. The quantitative estimate of drug-likeness (QED) is 0.142. The predicted molar refractivity (Wildman–Crippen MR) is 164 cm³/mol. The molecule has 3 heterocycles. The summed E-state index contributed by atoms with van der Waals surface area (Å²) in [6.07, 6.45) is 7.72. The van der Waals surface area contributed by atoms with E-state index in [-0.39, 0.29) is 31.6 Å². The van der Waals surface area contributed by atoms with Crippen molar-refractivity contribution in [3.05, 3.63) is 95.5 Å². The second-order valence-electron chi connectivity index (χ2n) is 10.3. The number of benzene rings is 2. The Morgan fingerprint density at radius 2 is 2.02 bits per heavy atom. The lowest BCUT2D eigenvalue weighted by molar-refractivity contribution is 0.00248. The van der Waals surface area contributed by atoms with Crippen molar-refractivity contribution >= 4 is 49.2 Å². The van der Waals surface area contributed by atoms with Crippen molar-refractivity contribution in [2.45, 2.75) is 38.9 Å². The van der Waals surface area contributed by atoms with Crippen molar-refractivity contribution in [3.63, 3.8) is 0 Å². The van der Waals surface area contributed by atoms with Crippen molar-refractivity contribution in [2.24, 2.45) is 5.92 Å². The fraction of sp³-hybridized carbons (Fsp3) is 0.290. The molecule has 0 aliphatic carbocycles. The van der Waals surface area contributed by atoms with Gasteiger partial charge in [0.1, 0.15) is 30.3 Å². The molecule has 1 unspecified atom stereocenters. The van der Waals surface area contributed by atoms with Crippen LogP contribution in [0.25, 0.3) is 10.9 Å². The summed E-state index contributed by atoms with van der Waals surface area (Å²) in [7, 11) is -2.30. The van der Waals surface area contributed by atoms with Gasteiger partial charge >= 0.3 is 0 Å². The van der Waals surface area contributed by atoms with Crippen LogP contribution in [0.3, 0.4) is 0 Å². The molecule has 43 heavy (non-hydrogen) atoms. The van der Waals surface area contributed by atoms with Gasteiger partial charge in [-0.25, -0.2) is 14.4 Å². The fourth-order valence-electron chi connectivity index (χ4n) is 4.66.